The highest BCUT2D eigenvalue weighted by Crippen LogP contribution is 2.38. The van der Waals surface area contributed by atoms with Crippen molar-refractivity contribution >= 4 is 32.4 Å². The summed E-state index contributed by atoms with van der Waals surface area (Å²) in [5.74, 6) is 0.105. The van der Waals surface area contributed by atoms with Crippen LogP contribution in [0.5, 0.6) is 0 Å². The van der Waals surface area contributed by atoms with Gasteiger partial charge in [-0.1, -0.05) is 42.5 Å². The van der Waals surface area contributed by atoms with Crippen LogP contribution < -0.4 is 9.62 Å². The third kappa shape index (κ3) is 3.19. The molecule has 0 spiro atoms. The highest BCUT2D eigenvalue weighted by Gasteiger charge is 2.33. The van der Waals surface area contributed by atoms with Gasteiger partial charge in [-0.3, -0.25) is 4.79 Å². The molecule has 5 rings (SSSR count). The third-order valence-corrected chi connectivity index (χ3v) is 7.39. The topological polar surface area (TPSA) is 86.7 Å². The first-order valence-electron chi connectivity index (χ1n) is 10.1. The summed E-state index contributed by atoms with van der Waals surface area (Å²) in [6.07, 6.45) is 0.658. The zero-order valence-electron chi connectivity index (χ0n) is 16.3. The van der Waals surface area contributed by atoms with Gasteiger partial charge in [0, 0.05) is 19.5 Å². The molecule has 0 saturated carbocycles. The predicted octanol–water partition coefficient (Wildman–Crippen LogP) is 2.69. The van der Waals surface area contributed by atoms with Crippen LogP contribution in [0.2, 0.25) is 0 Å². The van der Waals surface area contributed by atoms with Crippen LogP contribution in [0.15, 0.2) is 59.5 Å². The SMILES string of the molecule is O=C1CCc2cc(S(=O)(=O)NC[C@H](O)c3cccc4ccccc34)cc3c2N1CC3. The molecule has 1 atom stereocenters. The zero-order chi connectivity index (χ0) is 20.9. The van der Waals surface area contributed by atoms with E-state index in [9.17, 15) is 18.3 Å². The van der Waals surface area contributed by atoms with E-state index in [0.717, 1.165) is 27.6 Å². The number of hydrogen-bond acceptors (Lipinski definition) is 4. The molecule has 7 heteroatoms. The number of nitrogens with one attached hydrogen (secondary N) is 1. The molecule has 0 fully saturated rings. The highest BCUT2D eigenvalue weighted by atomic mass is 32.2. The summed E-state index contributed by atoms with van der Waals surface area (Å²) in [6, 6.07) is 16.6. The maximum atomic E-state index is 13.0. The molecule has 2 heterocycles. The molecule has 3 aromatic rings. The lowest BCUT2D eigenvalue weighted by Crippen LogP contribution is -2.33. The molecule has 154 valence electrons. The fourth-order valence-electron chi connectivity index (χ4n) is 4.50. The number of aryl methyl sites for hydroxylation is 1. The maximum absolute atomic E-state index is 13.0. The van der Waals surface area contributed by atoms with Crippen molar-refractivity contribution < 1.29 is 18.3 Å². The second kappa shape index (κ2) is 7.19. The molecule has 6 nitrogen and oxygen atoms in total. The van der Waals surface area contributed by atoms with E-state index in [-0.39, 0.29) is 17.3 Å². The van der Waals surface area contributed by atoms with Crippen LogP contribution in [0.25, 0.3) is 10.8 Å². The summed E-state index contributed by atoms with van der Waals surface area (Å²) >= 11 is 0. The van der Waals surface area contributed by atoms with Crippen molar-refractivity contribution in [3.8, 4) is 0 Å². The highest BCUT2D eigenvalue weighted by molar-refractivity contribution is 7.89. The van der Waals surface area contributed by atoms with Crippen molar-refractivity contribution in [2.45, 2.75) is 30.3 Å². The Kier molecular flexibility index (Phi) is 4.61. The number of nitrogens with zero attached hydrogens (tertiary/aromatic N) is 1. The lowest BCUT2D eigenvalue weighted by Gasteiger charge is -2.25. The molecule has 0 bridgehead atoms. The second-order valence-corrected chi connectivity index (χ2v) is 9.59. The quantitative estimate of drug-likeness (QED) is 0.662. The van der Waals surface area contributed by atoms with E-state index in [4.69, 9.17) is 0 Å². The molecule has 2 aliphatic heterocycles. The van der Waals surface area contributed by atoms with Crippen molar-refractivity contribution in [3.63, 3.8) is 0 Å². The average Bonchev–Trinajstić information content (AvgIpc) is 3.20. The van der Waals surface area contributed by atoms with Crippen LogP contribution in [-0.2, 0) is 27.7 Å². The van der Waals surface area contributed by atoms with Gasteiger partial charge in [-0.2, -0.15) is 0 Å². The monoisotopic (exact) mass is 422 g/mol. The van der Waals surface area contributed by atoms with Gasteiger partial charge in [-0.15, -0.1) is 0 Å². The van der Waals surface area contributed by atoms with Gasteiger partial charge in [0.15, 0.2) is 0 Å². The van der Waals surface area contributed by atoms with Crippen LogP contribution in [0, 0.1) is 0 Å². The minimum atomic E-state index is -3.79. The maximum Gasteiger partial charge on any atom is 0.240 e. The summed E-state index contributed by atoms with van der Waals surface area (Å²) in [6.45, 7) is 0.491. The summed E-state index contributed by atoms with van der Waals surface area (Å²) in [7, 11) is -3.79. The number of carbonyl (C=O) groups is 1. The first-order chi connectivity index (χ1) is 14.4. The van der Waals surface area contributed by atoms with Gasteiger partial charge in [-0.05, 0) is 52.4 Å². The number of amides is 1. The largest absolute Gasteiger partial charge is 0.387 e. The lowest BCUT2D eigenvalue weighted by molar-refractivity contribution is -0.118. The van der Waals surface area contributed by atoms with E-state index >= 15 is 0 Å². The van der Waals surface area contributed by atoms with Gasteiger partial charge in [0.2, 0.25) is 15.9 Å². The zero-order valence-corrected chi connectivity index (χ0v) is 17.2. The van der Waals surface area contributed by atoms with Crippen LogP contribution in [0.4, 0.5) is 5.69 Å². The van der Waals surface area contributed by atoms with Crippen molar-refractivity contribution in [3.05, 3.63) is 71.3 Å². The molecule has 2 aliphatic rings. The summed E-state index contributed by atoms with van der Waals surface area (Å²) < 4.78 is 28.5. The van der Waals surface area contributed by atoms with Crippen molar-refractivity contribution in [1.29, 1.82) is 0 Å². The summed E-state index contributed by atoms with van der Waals surface area (Å²) in [5, 5.41) is 12.6. The van der Waals surface area contributed by atoms with Gasteiger partial charge >= 0.3 is 0 Å². The van der Waals surface area contributed by atoms with E-state index in [1.807, 2.05) is 42.5 Å². The predicted molar refractivity (Wildman–Crippen MR) is 115 cm³/mol. The Balaban J connectivity index is 1.40. The molecule has 0 aliphatic carbocycles. The van der Waals surface area contributed by atoms with E-state index in [1.165, 1.54) is 0 Å². The first kappa shape index (κ1) is 19.2. The van der Waals surface area contributed by atoms with Gasteiger partial charge in [0.25, 0.3) is 0 Å². The number of anilines is 1. The van der Waals surface area contributed by atoms with Gasteiger partial charge in [0.05, 0.1) is 16.7 Å². The Morgan fingerprint density at radius 3 is 2.57 bits per heavy atom. The second-order valence-electron chi connectivity index (χ2n) is 7.82. The summed E-state index contributed by atoms with van der Waals surface area (Å²) in [5.41, 5.74) is 3.38. The fourth-order valence-corrected chi connectivity index (χ4v) is 5.64. The van der Waals surface area contributed by atoms with E-state index in [0.29, 0.717) is 31.4 Å². The van der Waals surface area contributed by atoms with Gasteiger partial charge in [0.1, 0.15) is 0 Å². The van der Waals surface area contributed by atoms with Crippen molar-refractivity contribution in [2.24, 2.45) is 0 Å². The standard InChI is InChI=1S/C23H22N2O4S/c26-21(20-7-3-5-15-4-1-2-6-19(15)20)14-24-30(28,29)18-12-16-8-9-22(27)25-11-10-17(13-18)23(16)25/h1-7,12-13,21,24,26H,8-11,14H2/t21-/m0/s1. The molecule has 3 aromatic carbocycles. The van der Waals surface area contributed by atoms with Crippen LogP contribution in [0.1, 0.15) is 29.2 Å². The number of hydrogen-bond donors (Lipinski definition) is 2. The van der Waals surface area contributed by atoms with E-state index < -0.39 is 16.1 Å². The minimum absolute atomic E-state index is 0.105. The van der Waals surface area contributed by atoms with Crippen LogP contribution in [0.3, 0.4) is 0 Å². The number of fused-ring (bicyclic) bond motifs is 1. The Morgan fingerprint density at radius 1 is 1.00 bits per heavy atom. The Labute approximate surface area is 175 Å². The number of rotatable bonds is 5. The van der Waals surface area contributed by atoms with Gasteiger partial charge < -0.3 is 10.0 Å². The normalized spacial score (nSPS) is 16.7. The molecule has 0 radical (unpaired) electrons. The van der Waals surface area contributed by atoms with Crippen LogP contribution in [-0.4, -0.2) is 32.5 Å². The van der Waals surface area contributed by atoms with Crippen molar-refractivity contribution in [1.82, 2.24) is 4.72 Å². The van der Waals surface area contributed by atoms with Gasteiger partial charge in [-0.25, -0.2) is 13.1 Å². The van der Waals surface area contributed by atoms with Crippen molar-refractivity contribution in [2.75, 3.05) is 18.0 Å². The summed E-state index contributed by atoms with van der Waals surface area (Å²) in [4.78, 5) is 14.0. The molecular weight excluding hydrogens is 400 g/mol. The number of benzene rings is 3. The molecule has 0 saturated heterocycles. The number of carbonyl (C=O) groups excluding carboxylic acids is 1. The molecule has 30 heavy (non-hydrogen) atoms. The van der Waals surface area contributed by atoms with Crippen LogP contribution >= 0.6 is 0 Å². The Bertz CT molecular complexity index is 1260. The Hall–Kier alpha value is -2.74. The molecule has 0 unspecified atom stereocenters. The number of aliphatic hydroxyl groups excluding tert-OH is 1. The smallest absolute Gasteiger partial charge is 0.240 e. The lowest BCUT2D eigenvalue weighted by atomic mass is 10.00. The molecule has 0 aromatic heterocycles. The van der Waals surface area contributed by atoms with E-state index in [2.05, 4.69) is 4.72 Å². The first-order valence-corrected chi connectivity index (χ1v) is 11.5. The third-order valence-electron chi connectivity index (χ3n) is 5.98. The molecular formula is C23H22N2O4S. The Morgan fingerprint density at radius 2 is 1.73 bits per heavy atom. The average molecular weight is 423 g/mol. The number of sulfonamides is 1. The van der Waals surface area contributed by atoms with E-state index in [1.54, 1.807) is 17.0 Å². The fraction of sp³-hybridized carbons (Fsp3) is 0.261. The molecule has 1 amide bonds. The number of aliphatic hydroxyl groups is 1. The minimum Gasteiger partial charge on any atom is -0.387 e. The molecule has 2 N–H and O–H groups in total.